The normalized spacial score (nSPS) is 16.5. The molecule has 0 spiro atoms. The zero-order valence-electron chi connectivity index (χ0n) is 12.0. The Labute approximate surface area is 147 Å². The number of benzene rings is 1. The van der Waals surface area contributed by atoms with Crippen LogP contribution in [0.2, 0.25) is 10.0 Å². The molecule has 1 aromatic carbocycles. The fraction of sp³-hybridized carbons (Fsp3) is 0.333. The Balaban J connectivity index is 0.000000368. The van der Waals surface area contributed by atoms with Gasteiger partial charge in [0.25, 0.3) is 0 Å². The molecule has 1 aliphatic heterocycles. The molecule has 3 rings (SSSR count). The maximum Gasteiger partial charge on any atom is 0.394 e. The number of halogens is 2. The number of hydrogen-bond donors (Lipinski definition) is 2. The summed E-state index contributed by atoms with van der Waals surface area (Å²) in [5.41, 5.74) is 0.742. The van der Waals surface area contributed by atoms with Gasteiger partial charge >= 0.3 is 10.4 Å². The Morgan fingerprint density at radius 2 is 1.88 bits per heavy atom. The average Bonchev–Trinajstić information content (AvgIpc) is 3.09. The summed E-state index contributed by atoms with van der Waals surface area (Å²) in [6, 6.07) is 5.25. The molecule has 1 aromatic heterocycles. The lowest BCUT2D eigenvalue weighted by molar-refractivity contribution is -0.177. The van der Waals surface area contributed by atoms with Gasteiger partial charge in [0.1, 0.15) is 19.2 Å². The van der Waals surface area contributed by atoms with Gasteiger partial charge < -0.3 is 9.47 Å². The van der Waals surface area contributed by atoms with Gasteiger partial charge in [0.05, 0.1) is 18.2 Å². The highest BCUT2D eigenvalue weighted by Crippen LogP contribution is 2.38. The minimum atomic E-state index is -4.67. The van der Waals surface area contributed by atoms with Crippen LogP contribution in [0.25, 0.3) is 0 Å². The third-order valence-corrected chi connectivity index (χ3v) is 3.48. The van der Waals surface area contributed by atoms with Crippen molar-refractivity contribution in [1.29, 1.82) is 0 Å². The van der Waals surface area contributed by atoms with Crippen LogP contribution in [0.3, 0.4) is 0 Å². The molecular formula is C12H13Cl2N3O6S. The first-order chi connectivity index (χ1) is 11.2. The number of aromatic nitrogens is 3. The third kappa shape index (κ3) is 5.38. The van der Waals surface area contributed by atoms with Crippen molar-refractivity contribution in [2.45, 2.75) is 12.3 Å². The Morgan fingerprint density at radius 3 is 2.38 bits per heavy atom. The second-order valence-corrected chi connectivity index (χ2v) is 6.35. The quantitative estimate of drug-likeness (QED) is 0.751. The fourth-order valence-corrected chi connectivity index (χ4v) is 2.67. The SMILES string of the molecule is Clc1ccc(C2(Cn3cncn3)OCCO2)c(Cl)c1.O=S(=O)(O)O. The minimum absolute atomic E-state index is 0.383. The highest BCUT2D eigenvalue weighted by molar-refractivity contribution is 7.79. The molecule has 0 aliphatic carbocycles. The predicted molar refractivity (Wildman–Crippen MR) is 84.2 cm³/mol. The molecule has 0 radical (unpaired) electrons. The Hall–Kier alpha value is -1.27. The van der Waals surface area contributed by atoms with Gasteiger partial charge in [-0.2, -0.15) is 13.5 Å². The molecular weight excluding hydrogens is 385 g/mol. The third-order valence-electron chi connectivity index (χ3n) is 2.93. The van der Waals surface area contributed by atoms with E-state index in [1.54, 1.807) is 23.1 Å². The summed E-state index contributed by atoms with van der Waals surface area (Å²) in [7, 11) is -4.67. The van der Waals surface area contributed by atoms with Gasteiger partial charge in [-0.15, -0.1) is 0 Å². The molecule has 0 atom stereocenters. The summed E-state index contributed by atoms with van der Waals surface area (Å²) < 4.78 is 44.8. The molecule has 12 heteroatoms. The van der Waals surface area contributed by atoms with E-state index >= 15 is 0 Å². The Kier molecular flexibility index (Phi) is 6.15. The van der Waals surface area contributed by atoms with E-state index in [1.165, 1.54) is 6.33 Å². The topological polar surface area (TPSA) is 124 Å². The molecule has 2 N–H and O–H groups in total. The van der Waals surface area contributed by atoms with Crippen molar-refractivity contribution in [3.8, 4) is 0 Å². The Bertz CT molecular complexity index is 770. The van der Waals surface area contributed by atoms with Gasteiger partial charge in [-0.1, -0.05) is 29.3 Å². The fourth-order valence-electron chi connectivity index (χ4n) is 2.11. The molecule has 1 aliphatic rings. The summed E-state index contributed by atoms with van der Waals surface area (Å²) >= 11 is 12.2. The largest absolute Gasteiger partial charge is 0.394 e. The number of nitrogens with zero attached hydrogens (tertiary/aromatic N) is 3. The number of ether oxygens (including phenoxy) is 2. The maximum atomic E-state index is 8.74. The monoisotopic (exact) mass is 397 g/mol. The predicted octanol–water partition coefficient (Wildman–Crippen LogP) is 1.83. The van der Waals surface area contributed by atoms with Crippen LogP contribution in [0.1, 0.15) is 5.56 Å². The second kappa shape index (κ2) is 7.74. The summed E-state index contributed by atoms with van der Waals surface area (Å²) in [6.45, 7) is 1.40. The zero-order valence-corrected chi connectivity index (χ0v) is 14.4. The summed E-state index contributed by atoms with van der Waals surface area (Å²) in [5.74, 6) is -0.935. The van der Waals surface area contributed by atoms with Gasteiger partial charge in [-0.3, -0.25) is 9.11 Å². The molecule has 0 saturated carbocycles. The molecule has 1 fully saturated rings. The minimum Gasteiger partial charge on any atom is -0.342 e. The van der Waals surface area contributed by atoms with Gasteiger partial charge in [0.2, 0.25) is 5.79 Å². The van der Waals surface area contributed by atoms with Crippen molar-refractivity contribution in [3.05, 3.63) is 46.5 Å². The van der Waals surface area contributed by atoms with Crippen molar-refractivity contribution < 1.29 is 27.0 Å². The second-order valence-electron chi connectivity index (χ2n) is 4.61. The molecule has 2 heterocycles. The summed E-state index contributed by atoms with van der Waals surface area (Å²) in [4.78, 5) is 3.91. The molecule has 9 nitrogen and oxygen atoms in total. The van der Waals surface area contributed by atoms with Crippen LogP contribution in [0, 0.1) is 0 Å². The highest BCUT2D eigenvalue weighted by Gasteiger charge is 2.41. The lowest BCUT2D eigenvalue weighted by atomic mass is 10.1. The zero-order chi connectivity index (χ0) is 17.8. The van der Waals surface area contributed by atoms with Crippen molar-refractivity contribution in [2.24, 2.45) is 0 Å². The number of hydrogen-bond acceptors (Lipinski definition) is 6. The van der Waals surface area contributed by atoms with E-state index < -0.39 is 16.2 Å². The van der Waals surface area contributed by atoms with Crippen molar-refractivity contribution in [3.63, 3.8) is 0 Å². The van der Waals surface area contributed by atoms with Crippen LogP contribution in [-0.2, 0) is 32.2 Å². The van der Waals surface area contributed by atoms with E-state index in [2.05, 4.69) is 10.1 Å². The van der Waals surface area contributed by atoms with Gasteiger partial charge in [-0.05, 0) is 12.1 Å². The first-order valence-electron chi connectivity index (χ1n) is 6.45. The molecule has 0 unspecified atom stereocenters. The van der Waals surface area contributed by atoms with Crippen LogP contribution in [0.5, 0.6) is 0 Å². The maximum absolute atomic E-state index is 8.74. The molecule has 132 valence electrons. The van der Waals surface area contributed by atoms with Crippen molar-refractivity contribution >= 4 is 33.6 Å². The van der Waals surface area contributed by atoms with Crippen molar-refractivity contribution in [1.82, 2.24) is 14.8 Å². The molecule has 24 heavy (non-hydrogen) atoms. The van der Waals surface area contributed by atoms with Crippen LogP contribution >= 0.6 is 23.2 Å². The van der Waals surface area contributed by atoms with E-state index in [0.29, 0.717) is 29.8 Å². The van der Waals surface area contributed by atoms with E-state index in [-0.39, 0.29) is 0 Å². The number of rotatable bonds is 3. The standard InChI is InChI=1S/C12H11Cl2N3O2.H2O4S/c13-9-1-2-10(11(14)5-9)12(18-3-4-19-12)6-17-8-15-7-16-17;1-5(2,3)4/h1-2,5,7-8H,3-4,6H2;(H2,1,2,3,4). The van der Waals surface area contributed by atoms with E-state index in [9.17, 15) is 0 Å². The smallest absolute Gasteiger partial charge is 0.342 e. The van der Waals surface area contributed by atoms with Crippen LogP contribution in [0.15, 0.2) is 30.9 Å². The van der Waals surface area contributed by atoms with Crippen LogP contribution in [-0.4, -0.2) is 45.5 Å². The highest BCUT2D eigenvalue weighted by atomic mass is 35.5. The summed E-state index contributed by atoms with van der Waals surface area (Å²) in [5, 5.41) is 5.15. The molecule has 0 bridgehead atoms. The first-order valence-corrected chi connectivity index (χ1v) is 8.61. The molecule has 2 aromatic rings. The molecule has 1 saturated heterocycles. The van der Waals surface area contributed by atoms with E-state index in [0.717, 1.165) is 5.56 Å². The molecule has 0 amide bonds. The first kappa shape index (κ1) is 19.1. The van der Waals surface area contributed by atoms with Crippen LogP contribution < -0.4 is 0 Å². The lowest BCUT2D eigenvalue weighted by Gasteiger charge is -2.28. The summed E-state index contributed by atoms with van der Waals surface area (Å²) in [6.07, 6.45) is 3.07. The average molecular weight is 398 g/mol. The lowest BCUT2D eigenvalue weighted by Crippen LogP contribution is -2.33. The Morgan fingerprint density at radius 1 is 1.25 bits per heavy atom. The van der Waals surface area contributed by atoms with E-state index in [4.69, 9.17) is 50.2 Å². The van der Waals surface area contributed by atoms with Crippen molar-refractivity contribution in [2.75, 3.05) is 13.2 Å². The van der Waals surface area contributed by atoms with Gasteiger partial charge in [-0.25, -0.2) is 9.67 Å². The van der Waals surface area contributed by atoms with Crippen LogP contribution in [0.4, 0.5) is 0 Å². The van der Waals surface area contributed by atoms with E-state index in [1.807, 2.05) is 6.07 Å². The van der Waals surface area contributed by atoms with Gasteiger partial charge in [0, 0.05) is 10.6 Å². The van der Waals surface area contributed by atoms with Gasteiger partial charge in [0.15, 0.2) is 0 Å².